The second-order valence-corrected chi connectivity index (χ2v) is 5.21. The summed E-state index contributed by atoms with van der Waals surface area (Å²) in [5, 5.41) is 31.0. The molecule has 11 N–H and O–H groups in total. The third-order valence-corrected chi connectivity index (χ3v) is 2.87. The van der Waals surface area contributed by atoms with E-state index in [4.69, 9.17) is 21.7 Å². The van der Waals surface area contributed by atoms with Gasteiger partial charge in [-0.1, -0.05) is 0 Å². The van der Waals surface area contributed by atoms with Crippen LogP contribution in [0.5, 0.6) is 0 Å². The maximum absolute atomic E-state index is 11.9. The van der Waals surface area contributed by atoms with Gasteiger partial charge in [0.25, 0.3) is 5.91 Å². The van der Waals surface area contributed by atoms with Crippen molar-refractivity contribution in [3.05, 3.63) is 0 Å². The molecule has 0 aromatic carbocycles. The highest BCUT2D eigenvalue weighted by atomic mass is 16.4. The number of nitrogens with two attached hydrogens (primary N) is 2. The highest BCUT2D eigenvalue weighted by Crippen LogP contribution is 1.96. The lowest BCUT2D eigenvalue weighted by Crippen LogP contribution is -2.58. The maximum Gasteiger partial charge on any atom is 0.328 e. The Morgan fingerprint density at radius 2 is 1.76 bits per heavy atom. The Morgan fingerprint density at radius 1 is 1.16 bits per heavy atom. The number of hydrogen-bond donors (Lipinski definition) is 9. The Labute approximate surface area is 143 Å². The number of rotatable bonds is 11. The molecule has 13 nitrogen and oxygen atoms in total. The zero-order chi connectivity index (χ0) is 19.6. The van der Waals surface area contributed by atoms with Crippen LogP contribution >= 0.6 is 0 Å². The molecule has 0 aliphatic carbocycles. The van der Waals surface area contributed by atoms with Gasteiger partial charge in [0.05, 0.1) is 19.1 Å². The Balaban J connectivity index is 4.75. The van der Waals surface area contributed by atoms with Crippen molar-refractivity contribution in [3.63, 3.8) is 0 Å². The topological polar surface area (TPSA) is 229 Å². The smallest absolute Gasteiger partial charge is 0.328 e. The lowest BCUT2D eigenvalue weighted by atomic mass is 10.1. The number of aliphatic hydroxyl groups excluding tert-OH is 2. The second kappa shape index (κ2) is 11.1. The molecule has 4 atom stereocenters. The first-order valence-corrected chi connectivity index (χ1v) is 7.23. The Hall–Kier alpha value is -2.48. The van der Waals surface area contributed by atoms with E-state index in [1.54, 1.807) is 0 Å². The van der Waals surface area contributed by atoms with E-state index in [9.17, 15) is 24.3 Å². The summed E-state index contributed by atoms with van der Waals surface area (Å²) in [5.74, 6) is -3.22. The quantitative estimate of drug-likeness (QED) is 0.160. The van der Waals surface area contributed by atoms with Crippen LogP contribution in [0.25, 0.3) is 0 Å². The zero-order valence-electron chi connectivity index (χ0n) is 13.6. The normalized spacial score (nSPS) is 15.4. The lowest BCUT2D eigenvalue weighted by molar-refractivity contribution is -0.141. The van der Waals surface area contributed by atoms with E-state index in [-0.39, 0.29) is 13.2 Å². The van der Waals surface area contributed by atoms with E-state index in [2.05, 4.69) is 16.2 Å². The largest absolute Gasteiger partial charge is 0.480 e. The number of carbonyl (C=O) groups is 4. The van der Waals surface area contributed by atoms with Crippen LogP contribution in [-0.4, -0.2) is 76.5 Å². The summed E-state index contributed by atoms with van der Waals surface area (Å²) < 4.78 is 0. The molecule has 0 rings (SSSR count). The molecule has 0 radical (unpaired) electrons. The molecule has 0 heterocycles. The van der Waals surface area contributed by atoms with Crippen LogP contribution < -0.4 is 33.0 Å². The van der Waals surface area contributed by atoms with E-state index in [0.717, 1.165) is 6.92 Å². The highest BCUT2D eigenvalue weighted by molar-refractivity contribution is 5.92. The van der Waals surface area contributed by atoms with Gasteiger partial charge in [-0.05, 0) is 6.92 Å². The molecule has 0 aromatic rings. The van der Waals surface area contributed by atoms with Crippen LogP contribution in [0.15, 0.2) is 0 Å². The molecule has 0 saturated heterocycles. The predicted octanol–water partition coefficient (Wildman–Crippen LogP) is -4.70. The number of hydrogen-bond acceptors (Lipinski definition) is 8. The predicted molar refractivity (Wildman–Crippen MR) is 83.6 cm³/mol. The molecule has 0 saturated carbocycles. The number of aliphatic carboxylic acids is 1. The van der Waals surface area contributed by atoms with Crippen molar-refractivity contribution in [2.24, 2.45) is 11.5 Å². The van der Waals surface area contributed by atoms with Crippen LogP contribution in [0.4, 0.5) is 4.79 Å². The molecule has 0 aliphatic rings. The van der Waals surface area contributed by atoms with Gasteiger partial charge in [-0.25, -0.2) is 15.0 Å². The van der Waals surface area contributed by atoms with Gasteiger partial charge < -0.3 is 37.4 Å². The number of nitrogens with one attached hydrogen (secondary N) is 4. The maximum atomic E-state index is 11.9. The molecule has 0 fully saturated rings. The second-order valence-electron chi connectivity index (χ2n) is 5.21. The molecule has 13 heteroatoms. The molecule has 0 bridgehead atoms. The number of primary amides is 1. The molecule has 2 unspecified atom stereocenters. The highest BCUT2D eigenvalue weighted by Gasteiger charge is 2.28. The van der Waals surface area contributed by atoms with Crippen molar-refractivity contribution in [2.45, 2.75) is 37.6 Å². The van der Waals surface area contributed by atoms with Gasteiger partial charge in [-0.3, -0.25) is 15.0 Å². The van der Waals surface area contributed by atoms with Crippen molar-refractivity contribution in [3.8, 4) is 0 Å². The summed E-state index contributed by atoms with van der Waals surface area (Å²) >= 11 is 0. The molecular formula is C12H24N6O7. The van der Waals surface area contributed by atoms with Crippen LogP contribution in [-0.2, 0) is 14.4 Å². The molecule has 0 spiro atoms. The zero-order valence-corrected chi connectivity index (χ0v) is 13.6. The first-order chi connectivity index (χ1) is 11.6. The average Bonchev–Trinajstić information content (AvgIpc) is 2.50. The Kier molecular flexibility index (Phi) is 10.0. The first kappa shape index (κ1) is 22.5. The minimum atomic E-state index is -1.61. The van der Waals surface area contributed by atoms with E-state index in [0.29, 0.717) is 0 Å². The summed E-state index contributed by atoms with van der Waals surface area (Å²) in [5.41, 5.74) is 15.0. The fraction of sp³-hybridized carbons (Fsp3) is 0.667. The SMILES string of the molecule is CC(O)[C@H](NC(=O)NC(CC(N)=O)C(=O)NNC[C@@H](N)CO)C(=O)O. The number of aliphatic hydroxyl groups is 2. The molecule has 0 aromatic heterocycles. The van der Waals surface area contributed by atoms with E-state index >= 15 is 0 Å². The van der Waals surface area contributed by atoms with Crippen molar-refractivity contribution in [1.82, 2.24) is 21.5 Å². The molecule has 0 aliphatic heterocycles. The number of carboxylic acid groups (broad SMARTS) is 1. The summed E-state index contributed by atoms with van der Waals surface area (Å²) in [4.78, 5) is 45.7. The number of urea groups is 1. The van der Waals surface area contributed by atoms with Crippen LogP contribution in [0.3, 0.4) is 0 Å². The van der Waals surface area contributed by atoms with Crippen LogP contribution in [0.2, 0.25) is 0 Å². The molecule has 4 amide bonds. The van der Waals surface area contributed by atoms with Crippen LogP contribution in [0, 0.1) is 0 Å². The van der Waals surface area contributed by atoms with Gasteiger partial charge in [0.15, 0.2) is 6.04 Å². The van der Waals surface area contributed by atoms with E-state index in [1.165, 1.54) is 0 Å². The summed E-state index contributed by atoms with van der Waals surface area (Å²) in [7, 11) is 0. The number of carbonyl (C=O) groups excluding carboxylic acids is 3. The fourth-order valence-corrected chi connectivity index (χ4v) is 1.56. The lowest BCUT2D eigenvalue weighted by Gasteiger charge is -2.21. The summed E-state index contributed by atoms with van der Waals surface area (Å²) in [6.07, 6.45) is -1.95. The third kappa shape index (κ3) is 9.41. The van der Waals surface area contributed by atoms with E-state index < -0.39 is 54.5 Å². The Bertz CT molecular complexity index is 487. The average molecular weight is 364 g/mol. The first-order valence-electron chi connectivity index (χ1n) is 7.23. The minimum absolute atomic E-state index is 0.0147. The van der Waals surface area contributed by atoms with Gasteiger partial charge in [-0.2, -0.15) is 0 Å². The molecular weight excluding hydrogens is 340 g/mol. The standard InChI is InChI=1S/C12H24N6O7/c1-5(20)9(11(23)24)17-12(25)16-7(2-8(14)21)10(22)18-15-3-6(13)4-19/h5-7,9,15,19-20H,2-4,13H2,1H3,(H2,14,21)(H,18,22)(H,23,24)(H2,16,17,25)/t5?,6-,7?,9+/m1/s1. The summed E-state index contributed by atoms with van der Waals surface area (Å²) in [6.45, 7) is 0.839. The van der Waals surface area contributed by atoms with Gasteiger partial charge in [0, 0.05) is 12.6 Å². The van der Waals surface area contributed by atoms with E-state index in [1.807, 2.05) is 5.32 Å². The van der Waals surface area contributed by atoms with Crippen molar-refractivity contribution in [2.75, 3.05) is 13.2 Å². The van der Waals surface area contributed by atoms with Gasteiger partial charge in [0.2, 0.25) is 5.91 Å². The van der Waals surface area contributed by atoms with Crippen molar-refractivity contribution < 1.29 is 34.5 Å². The number of hydrazine groups is 1. The minimum Gasteiger partial charge on any atom is -0.480 e. The van der Waals surface area contributed by atoms with Gasteiger partial charge in [-0.15, -0.1) is 0 Å². The van der Waals surface area contributed by atoms with Crippen molar-refractivity contribution in [1.29, 1.82) is 0 Å². The van der Waals surface area contributed by atoms with Crippen LogP contribution in [0.1, 0.15) is 13.3 Å². The number of carboxylic acids is 1. The Morgan fingerprint density at radius 3 is 2.20 bits per heavy atom. The van der Waals surface area contributed by atoms with Gasteiger partial charge >= 0.3 is 12.0 Å². The molecule has 25 heavy (non-hydrogen) atoms. The summed E-state index contributed by atoms with van der Waals surface area (Å²) in [6, 6.07) is -4.76. The monoisotopic (exact) mass is 364 g/mol. The fourth-order valence-electron chi connectivity index (χ4n) is 1.56. The number of amides is 4. The molecule has 144 valence electrons. The van der Waals surface area contributed by atoms with Gasteiger partial charge in [0.1, 0.15) is 6.04 Å². The third-order valence-electron chi connectivity index (χ3n) is 2.87. The van der Waals surface area contributed by atoms with Crippen molar-refractivity contribution >= 4 is 23.8 Å².